The summed E-state index contributed by atoms with van der Waals surface area (Å²) < 4.78 is 5.17. The molecule has 0 radical (unpaired) electrons. The number of nitrogens with one attached hydrogen (secondary N) is 1. The summed E-state index contributed by atoms with van der Waals surface area (Å²) in [5.74, 6) is 0.833. The molecular weight excluding hydrogens is 350 g/mol. The lowest BCUT2D eigenvalue weighted by Gasteiger charge is -2.17. The first-order valence-electron chi connectivity index (χ1n) is 8.78. The summed E-state index contributed by atoms with van der Waals surface area (Å²) in [6.07, 6.45) is 2.46. The number of nitrogens with zero attached hydrogens (tertiary/aromatic N) is 2. The van der Waals surface area contributed by atoms with E-state index in [1.165, 1.54) is 11.3 Å². The smallest absolute Gasteiger partial charge is 0.228 e. The highest BCUT2D eigenvalue weighted by Crippen LogP contribution is 2.26. The van der Waals surface area contributed by atoms with Crippen LogP contribution in [0.25, 0.3) is 0 Å². The molecule has 1 saturated heterocycles. The highest BCUT2D eigenvalue weighted by molar-refractivity contribution is 7.14. The van der Waals surface area contributed by atoms with Gasteiger partial charge in [0, 0.05) is 18.3 Å². The van der Waals surface area contributed by atoms with Crippen LogP contribution in [0.3, 0.4) is 0 Å². The van der Waals surface area contributed by atoms with Gasteiger partial charge in [0.15, 0.2) is 5.13 Å². The van der Waals surface area contributed by atoms with Gasteiger partial charge in [0.2, 0.25) is 11.8 Å². The Bertz CT molecular complexity index is 773. The summed E-state index contributed by atoms with van der Waals surface area (Å²) in [4.78, 5) is 30.4. The molecule has 1 aromatic carbocycles. The molecule has 138 valence electrons. The van der Waals surface area contributed by atoms with Crippen LogP contribution < -0.4 is 15.0 Å². The highest BCUT2D eigenvalue weighted by Gasteiger charge is 2.24. The molecule has 2 amide bonds. The fraction of sp³-hybridized carbons (Fsp3) is 0.421. The first-order valence-corrected chi connectivity index (χ1v) is 9.66. The first kappa shape index (κ1) is 18.4. The maximum Gasteiger partial charge on any atom is 0.228 e. The quantitative estimate of drug-likeness (QED) is 0.810. The summed E-state index contributed by atoms with van der Waals surface area (Å²) in [5, 5.41) is 5.61. The van der Waals surface area contributed by atoms with Crippen LogP contribution in [-0.2, 0) is 16.0 Å². The van der Waals surface area contributed by atoms with Crippen molar-refractivity contribution < 1.29 is 14.3 Å². The van der Waals surface area contributed by atoms with Gasteiger partial charge < -0.3 is 10.1 Å². The number of methoxy groups -OCH3 is 1. The Kier molecular flexibility index (Phi) is 5.88. The number of ether oxygens (including phenoxy) is 1. The predicted octanol–water partition coefficient (Wildman–Crippen LogP) is 3.09. The largest absolute Gasteiger partial charge is 0.497 e. The zero-order valence-electron chi connectivity index (χ0n) is 15.0. The van der Waals surface area contributed by atoms with Crippen molar-refractivity contribution in [3.8, 4) is 5.75 Å². The lowest BCUT2D eigenvalue weighted by molar-refractivity contribution is -0.121. The highest BCUT2D eigenvalue weighted by atomic mass is 32.1. The van der Waals surface area contributed by atoms with Gasteiger partial charge in [-0.1, -0.05) is 19.1 Å². The number of rotatable bonds is 7. The molecule has 3 rings (SSSR count). The molecule has 26 heavy (non-hydrogen) atoms. The van der Waals surface area contributed by atoms with Crippen LogP contribution in [0.15, 0.2) is 29.6 Å². The Balaban J connectivity index is 1.60. The lowest BCUT2D eigenvalue weighted by atomic mass is 10.0. The van der Waals surface area contributed by atoms with Crippen LogP contribution in [0.1, 0.15) is 43.5 Å². The minimum Gasteiger partial charge on any atom is -0.497 e. The van der Waals surface area contributed by atoms with E-state index in [1.807, 2.05) is 36.6 Å². The van der Waals surface area contributed by atoms with E-state index >= 15 is 0 Å². The average Bonchev–Trinajstić information content (AvgIpc) is 3.28. The minimum absolute atomic E-state index is 0.0494. The van der Waals surface area contributed by atoms with Gasteiger partial charge in [-0.15, -0.1) is 11.3 Å². The lowest BCUT2D eigenvalue weighted by Crippen LogP contribution is -2.29. The minimum atomic E-state index is -0.0720. The Morgan fingerprint density at radius 3 is 2.77 bits per heavy atom. The standard InChI is InChI=1S/C19H23N3O3S/c1-3-16(13-6-8-15(25-2)9-7-13)21-17(23)11-14-12-26-19(20-14)22-10-4-5-18(22)24/h6-9,12,16H,3-5,10-11H2,1-2H3,(H,21,23). The maximum atomic E-state index is 12.4. The van der Waals surface area contributed by atoms with E-state index in [1.54, 1.807) is 12.0 Å². The summed E-state index contributed by atoms with van der Waals surface area (Å²) in [6.45, 7) is 2.75. The van der Waals surface area contributed by atoms with Crippen LogP contribution in [0.2, 0.25) is 0 Å². The number of thiazole rings is 1. The third-order valence-electron chi connectivity index (χ3n) is 4.45. The van der Waals surface area contributed by atoms with Crippen molar-refractivity contribution in [1.82, 2.24) is 10.3 Å². The third-order valence-corrected chi connectivity index (χ3v) is 5.36. The zero-order chi connectivity index (χ0) is 18.5. The summed E-state index contributed by atoms with van der Waals surface area (Å²) in [5.41, 5.74) is 1.75. The van der Waals surface area contributed by atoms with Crippen LogP contribution in [-0.4, -0.2) is 30.5 Å². The summed E-state index contributed by atoms with van der Waals surface area (Å²) in [6, 6.07) is 7.67. The molecule has 1 N–H and O–H groups in total. The van der Waals surface area contributed by atoms with E-state index in [0.29, 0.717) is 23.8 Å². The van der Waals surface area contributed by atoms with E-state index < -0.39 is 0 Å². The van der Waals surface area contributed by atoms with Gasteiger partial charge in [0.25, 0.3) is 0 Å². The van der Waals surface area contributed by atoms with Gasteiger partial charge in [-0.05, 0) is 30.5 Å². The molecule has 2 heterocycles. The summed E-state index contributed by atoms with van der Waals surface area (Å²) >= 11 is 1.42. The molecule has 1 aromatic heterocycles. The van der Waals surface area contributed by atoms with Crippen LogP contribution in [0.5, 0.6) is 5.75 Å². The monoisotopic (exact) mass is 373 g/mol. The number of hydrogen-bond donors (Lipinski definition) is 1. The van der Waals surface area contributed by atoms with Crippen molar-refractivity contribution in [3.05, 3.63) is 40.9 Å². The number of benzene rings is 1. The van der Waals surface area contributed by atoms with Gasteiger partial charge in [-0.3, -0.25) is 14.5 Å². The fourth-order valence-corrected chi connectivity index (χ4v) is 3.89. The van der Waals surface area contributed by atoms with Crippen molar-refractivity contribution >= 4 is 28.3 Å². The average molecular weight is 373 g/mol. The number of hydrogen-bond acceptors (Lipinski definition) is 5. The Morgan fingerprint density at radius 2 is 2.15 bits per heavy atom. The molecule has 0 saturated carbocycles. The number of amides is 2. The van der Waals surface area contributed by atoms with E-state index in [4.69, 9.17) is 4.74 Å². The van der Waals surface area contributed by atoms with E-state index in [9.17, 15) is 9.59 Å². The van der Waals surface area contributed by atoms with Crippen molar-refractivity contribution in [2.24, 2.45) is 0 Å². The zero-order valence-corrected chi connectivity index (χ0v) is 15.8. The topological polar surface area (TPSA) is 71.5 Å². The van der Waals surface area contributed by atoms with E-state index in [0.717, 1.165) is 24.2 Å². The second-order valence-corrected chi connectivity index (χ2v) is 7.09. The first-order chi connectivity index (χ1) is 12.6. The van der Waals surface area contributed by atoms with Crippen molar-refractivity contribution in [3.63, 3.8) is 0 Å². The SMILES string of the molecule is CCC(NC(=O)Cc1csc(N2CCCC2=O)n1)c1ccc(OC)cc1. The van der Waals surface area contributed by atoms with Crippen LogP contribution >= 0.6 is 11.3 Å². The van der Waals surface area contributed by atoms with Gasteiger partial charge in [-0.2, -0.15) is 0 Å². The molecule has 1 aliphatic heterocycles. The van der Waals surface area contributed by atoms with Crippen LogP contribution in [0, 0.1) is 0 Å². The Labute approximate surface area is 157 Å². The number of aromatic nitrogens is 1. The molecule has 6 nitrogen and oxygen atoms in total. The molecule has 2 aromatic rings. The maximum absolute atomic E-state index is 12.4. The van der Waals surface area contributed by atoms with E-state index in [-0.39, 0.29) is 24.3 Å². The third kappa shape index (κ3) is 4.22. The molecule has 0 bridgehead atoms. The van der Waals surface area contributed by atoms with Crippen molar-refractivity contribution in [2.45, 2.75) is 38.6 Å². The van der Waals surface area contributed by atoms with Gasteiger partial charge in [0.05, 0.1) is 25.3 Å². The molecule has 1 unspecified atom stereocenters. The molecule has 0 aliphatic carbocycles. The molecule has 7 heteroatoms. The summed E-state index contributed by atoms with van der Waals surface area (Å²) in [7, 11) is 1.63. The Hall–Kier alpha value is -2.41. The number of carbonyl (C=O) groups excluding carboxylic acids is 2. The molecule has 1 fully saturated rings. The van der Waals surface area contributed by atoms with Gasteiger partial charge in [0.1, 0.15) is 5.75 Å². The van der Waals surface area contributed by atoms with Crippen LogP contribution in [0.4, 0.5) is 5.13 Å². The van der Waals surface area contributed by atoms with Crippen molar-refractivity contribution in [2.75, 3.05) is 18.6 Å². The molecule has 0 spiro atoms. The number of anilines is 1. The second kappa shape index (κ2) is 8.31. The van der Waals surface area contributed by atoms with Gasteiger partial charge in [-0.25, -0.2) is 4.98 Å². The molecule has 1 atom stereocenters. The van der Waals surface area contributed by atoms with Gasteiger partial charge >= 0.3 is 0 Å². The van der Waals surface area contributed by atoms with Crippen molar-refractivity contribution in [1.29, 1.82) is 0 Å². The van der Waals surface area contributed by atoms with E-state index in [2.05, 4.69) is 10.3 Å². The predicted molar refractivity (Wildman–Crippen MR) is 102 cm³/mol. The fourth-order valence-electron chi connectivity index (χ4n) is 3.02. The number of carbonyl (C=O) groups is 2. The normalized spacial score (nSPS) is 15.2. The molecule has 1 aliphatic rings. The molecular formula is C19H23N3O3S. The Morgan fingerprint density at radius 1 is 1.38 bits per heavy atom. The second-order valence-electron chi connectivity index (χ2n) is 6.25.